The molecule has 0 fully saturated rings. The second-order valence-electron chi connectivity index (χ2n) is 3.86. The van der Waals surface area contributed by atoms with Crippen molar-refractivity contribution in [2.24, 2.45) is 5.73 Å². The second kappa shape index (κ2) is 4.06. The van der Waals surface area contributed by atoms with Crippen molar-refractivity contribution in [2.45, 2.75) is 19.4 Å². The molecule has 0 spiro atoms. The maximum atomic E-state index is 5.50. The molecule has 0 bridgehead atoms. The minimum atomic E-state index is 0.429. The molecule has 0 saturated carbocycles. The number of nitrogens with zero attached hydrogens (tertiary/aromatic N) is 3. The predicted octanol–water partition coefficient (Wildman–Crippen LogP) is 0.894. The van der Waals surface area contributed by atoms with E-state index in [1.807, 2.05) is 18.3 Å². The van der Waals surface area contributed by atoms with Gasteiger partial charge in [0.05, 0.1) is 18.2 Å². The fourth-order valence-electron chi connectivity index (χ4n) is 1.77. The number of aromatic amines is 1. The molecule has 0 amide bonds. The number of nitrogens with two attached hydrogens (primary N) is 1. The van der Waals surface area contributed by atoms with E-state index in [0.29, 0.717) is 12.3 Å². The number of imidazole rings is 1. The molecule has 3 aromatic rings. The van der Waals surface area contributed by atoms with E-state index in [1.165, 1.54) is 0 Å². The maximum absolute atomic E-state index is 5.50. The van der Waals surface area contributed by atoms with Crippen LogP contribution in [0, 0.1) is 0 Å². The van der Waals surface area contributed by atoms with Crippen molar-refractivity contribution in [3.8, 4) is 0 Å². The minimum Gasteiger partial charge on any atom is -0.469 e. The first-order valence-corrected chi connectivity index (χ1v) is 5.50. The third-order valence-electron chi connectivity index (χ3n) is 2.62. The molecule has 0 aliphatic carbocycles. The molecular weight excluding hydrogens is 218 g/mol. The Bertz CT molecular complexity index is 575. The van der Waals surface area contributed by atoms with Crippen molar-refractivity contribution >= 4 is 5.78 Å². The van der Waals surface area contributed by atoms with Crippen molar-refractivity contribution in [1.82, 2.24) is 19.6 Å². The first kappa shape index (κ1) is 10.1. The highest BCUT2D eigenvalue weighted by Gasteiger charge is 2.07. The molecule has 3 heterocycles. The third-order valence-corrected chi connectivity index (χ3v) is 2.62. The van der Waals surface area contributed by atoms with Crippen molar-refractivity contribution in [1.29, 1.82) is 0 Å². The summed E-state index contributed by atoms with van der Waals surface area (Å²) in [6.07, 6.45) is 5.17. The van der Waals surface area contributed by atoms with Gasteiger partial charge in [-0.2, -0.15) is 4.98 Å². The zero-order valence-electron chi connectivity index (χ0n) is 9.26. The monoisotopic (exact) mass is 231 g/mol. The van der Waals surface area contributed by atoms with Gasteiger partial charge in [0, 0.05) is 19.4 Å². The number of rotatable bonds is 4. The summed E-state index contributed by atoms with van der Waals surface area (Å²) in [6, 6.07) is 3.85. The van der Waals surface area contributed by atoms with Gasteiger partial charge in [0.1, 0.15) is 11.6 Å². The van der Waals surface area contributed by atoms with Crippen LogP contribution in [0.2, 0.25) is 0 Å². The Morgan fingerprint density at radius 2 is 2.29 bits per heavy atom. The number of furan rings is 1. The summed E-state index contributed by atoms with van der Waals surface area (Å²) < 4.78 is 7.06. The molecule has 0 radical (unpaired) electrons. The van der Waals surface area contributed by atoms with Crippen LogP contribution in [0.3, 0.4) is 0 Å². The zero-order chi connectivity index (χ0) is 11.7. The third kappa shape index (κ3) is 1.94. The molecular formula is C11H13N5O. The highest BCUT2D eigenvalue weighted by Crippen LogP contribution is 2.07. The van der Waals surface area contributed by atoms with Crippen molar-refractivity contribution < 1.29 is 4.42 Å². The van der Waals surface area contributed by atoms with Gasteiger partial charge in [-0.1, -0.05) is 0 Å². The lowest BCUT2D eigenvalue weighted by molar-refractivity contribution is 0.506. The summed E-state index contributed by atoms with van der Waals surface area (Å²) in [5.41, 5.74) is 6.34. The van der Waals surface area contributed by atoms with Crippen LogP contribution in [0.25, 0.3) is 5.78 Å². The Hall–Kier alpha value is -2.08. The average molecular weight is 231 g/mol. The molecule has 0 atom stereocenters. The van der Waals surface area contributed by atoms with Crippen LogP contribution >= 0.6 is 0 Å². The molecule has 0 unspecified atom stereocenters. The van der Waals surface area contributed by atoms with Crippen LogP contribution in [0.5, 0.6) is 0 Å². The Balaban J connectivity index is 1.75. The van der Waals surface area contributed by atoms with E-state index in [4.69, 9.17) is 10.2 Å². The number of fused-ring (bicyclic) bond motifs is 1. The standard InChI is InChI=1S/C11H13N5O/c12-6-8-7-16-11(13-8)14-10(15-16)4-3-9-2-1-5-17-9/h1-2,5,7H,3-4,6,12H2,(H,13,14,15). The Morgan fingerprint density at radius 1 is 1.35 bits per heavy atom. The topological polar surface area (TPSA) is 85.1 Å². The number of aryl methyl sites for hydroxylation is 2. The fraction of sp³-hybridized carbons (Fsp3) is 0.273. The SMILES string of the molecule is NCc1cn2[nH]c(CCc3ccco3)nc2n1. The van der Waals surface area contributed by atoms with Gasteiger partial charge in [0.15, 0.2) is 0 Å². The molecule has 3 rings (SSSR count). The molecule has 0 aliphatic rings. The highest BCUT2D eigenvalue weighted by atomic mass is 16.3. The molecule has 3 N–H and O–H groups in total. The molecule has 0 saturated heterocycles. The normalized spacial score (nSPS) is 11.4. The van der Waals surface area contributed by atoms with Crippen molar-refractivity contribution in [3.05, 3.63) is 41.9 Å². The van der Waals surface area contributed by atoms with Crippen LogP contribution in [-0.2, 0) is 19.4 Å². The van der Waals surface area contributed by atoms with Crippen LogP contribution in [0.15, 0.2) is 29.0 Å². The van der Waals surface area contributed by atoms with E-state index in [-0.39, 0.29) is 0 Å². The first-order valence-electron chi connectivity index (χ1n) is 5.50. The predicted molar refractivity (Wildman–Crippen MR) is 61.3 cm³/mol. The molecule has 6 nitrogen and oxygen atoms in total. The summed E-state index contributed by atoms with van der Waals surface area (Å²) in [6.45, 7) is 0.429. The van der Waals surface area contributed by atoms with Crippen LogP contribution in [0.1, 0.15) is 17.3 Å². The largest absolute Gasteiger partial charge is 0.469 e. The van der Waals surface area contributed by atoms with Crippen molar-refractivity contribution in [2.75, 3.05) is 0 Å². The summed E-state index contributed by atoms with van der Waals surface area (Å²) in [4.78, 5) is 8.65. The van der Waals surface area contributed by atoms with Gasteiger partial charge in [0.2, 0.25) is 0 Å². The Labute approximate surface area is 97.5 Å². The summed E-state index contributed by atoms with van der Waals surface area (Å²) in [5.74, 6) is 2.52. The summed E-state index contributed by atoms with van der Waals surface area (Å²) in [5, 5.41) is 3.16. The molecule has 0 aliphatic heterocycles. The molecule has 17 heavy (non-hydrogen) atoms. The average Bonchev–Trinajstić information content (AvgIpc) is 3.01. The van der Waals surface area contributed by atoms with E-state index in [0.717, 1.165) is 30.1 Å². The van der Waals surface area contributed by atoms with E-state index >= 15 is 0 Å². The smallest absolute Gasteiger partial charge is 0.250 e. The van der Waals surface area contributed by atoms with Crippen molar-refractivity contribution in [3.63, 3.8) is 0 Å². The number of H-pyrrole nitrogens is 1. The van der Waals surface area contributed by atoms with Gasteiger partial charge < -0.3 is 10.2 Å². The van der Waals surface area contributed by atoms with Gasteiger partial charge in [-0.3, -0.25) is 5.10 Å². The first-order chi connectivity index (χ1) is 8.35. The maximum Gasteiger partial charge on any atom is 0.250 e. The fourth-order valence-corrected chi connectivity index (χ4v) is 1.77. The van der Waals surface area contributed by atoms with E-state index in [1.54, 1.807) is 10.8 Å². The molecule has 88 valence electrons. The lowest BCUT2D eigenvalue weighted by Gasteiger charge is -1.93. The van der Waals surface area contributed by atoms with Gasteiger partial charge >= 0.3 is 0 Å². The van der Waals surface area contributed by atoms with Crippen LogP contribution in [-0.4, -0.2) is 19.6 Å². The van der Waals surface area contributed by atoms with Gasteiger partial charge in [-0.25, -0.2) is 9.50 Å². The Kier molecular flexibility index (Phi) is 2.41. The highest BCUT2D eigenvalue weighted by molar-refractivity contribution is 5.29. The van der Waals surface area contributed by atoms with E-state index in [9.17, 15) is 0 Å². The zero-order valence-corrected chi connectivity index (χ0v) is 9.26. The number of hydrogen-bond acceptors (Lipinski definition) is 4. The number of hydrogen-bond donors (Lipinski definition) is 2. The van der Waals surface area contributed by atoms with Crippen LogP contribution < -0.4 is 5.73 Å². The Morgan fingerprint density at radius 3 is 3.00 bits per heavy atom. The lowest BCUT2D eigenvalue weighted by Crippen LogP contribution is -1.97. The van der Waals surface area contributed by atoms with E-state index in [2.05, 4.69) is 15.1 Å². The minimum absolute atomic E-state index is 0.429. The molecule has 3 aromatic heterocycles. The van der Waals surface area contributed by atoms with E-state index < -0.39 is 0 Å². The second-order valence-corrected chi connectivity index (χ2v) is 3.86. The van der Waals surface area contributed by atoms with Crippen LogP contribution in [0.4, 0.5) is 0 Å². The quantitative estimate of drug-likeness (QED) is 0.698. The summed E-state index contributed by atoms with van der Waals surface area (Å²) >= 11 is 0. The lowest BCUT2D eigenvalue weighted by atomic mass is 10.2. The summed E-state index contributed by atoms with van der Waals surface area (Å²) in [7, 11) is 0. The number of nitrogens with one attached hydrogen (secondary N) is 1. The number of aromatic nitrogens is 4. The molecule has 6 heteroatoms. The van der Waals surface area contributed by atoms with Gasteiger partial charge in [-0.15, -0.1) is 0 Å². The van der Waals surface area contributed by atoms with Gasteiger partial charge in [-0.05, 0) is 12.1 Å². The van der Waals surface area contributed by atoms with Gasteiger partial charge in [0.25, 0.3) is 5.78 Å². The molecule has 0 aromatic carbocycles.